The van der Waals surface area contributed by atoms with Crippen LogP contribution in [-0.4, -0.2) is 11.2 Å². The van der Waals surface area contributed by atoms with E-state index in [4.69, 9.17) is 16.6 Å². The lowest BCUT2D eigenvalue weighted by atomic mass is 10.1. The lowest BCUT2D eigenvalue weighted by Gasteiger charge is -2.16. The Morgan fingerprint density at radius 2 is 2.10 bits per heavy atom. The number of hydrogen-bond donors (Lipinski definition) is 2. The lowest BCUT2D eigenvalue weighted by Crippen LogP contribution is -2.36. The van der Waals surface area contributed by atoms with Crippen LogP contribution < -0.4 is 10.6 Å². The number of anilines is 1. The molecule has 2 N–H and O–H groups in total. The highest BCUT2D eigenvalue weighted by molar-refractivity contribution is 7.80. The average molecular weight is 292 g/mol. The molecule has 0 aliphatic heterocycles. The number of benzene rings is 1. The summed E-state index contributed by atoms with van der Waals surface area (Å²) in [4.78, 5) is 0. The van der Waals surface area contributed by atoms with Gasteiger partial charge in [0.05, 0.1) is 12.0 Å². The molecule has 1 aromatic heterocycles. The summed E-state index contributed by atoms with van der Waals surface area (Å²) in [6, 6.07) is 10.4. The first-order valence-corrected chi connectivity index (χ1v) is 6.90. The normalized spacial score (nSPS) is 11.9. The minimum Gasteiger partial charge on any atom is -0.469 e. The van der Waals surface area contributed by atoms with Gasteiger partial charge < -0.3 is 15.1 Å². The quantitative estimate of drug-likeness (QED) is 0.824. The Balaban J connectivity index is 1.78. The van der Waals surface area contributed by atoms with Crippen LogP contribution >= 0.6 is 12.2 Å². The van der Waals surface area contributed by atoms with E-state index in [1.54, 1.807) is 24.5 Å². The molecule has 0 aliphatic carbocycles. The van der Waals surface area contributed by atoms with Crippen LogP contribution in [0.2, 0.25) is 0 Å². The van der Waals surface area contributed by atoms with Crippen LogP contribution in [0.3, 0.4) is 0 Å². The van der Waals surface area contributed by atoms with Crippen molar-refractivity contribution in [3.05, 3.63) is 54.2 Å². The van der Waals surface area contributed by atoms with Crippen molar-refractivity contribution in [3.63, 3.8) is 0 Å². The first-order valence-electron chi connectivity index (χ1n) is 6.49. The molecule has 1 heterocycles. The van der Waals surface area contributed by atoms with Gasteiger partial charge in [-0.2, -0.15) is 0 Å². The zero-order valence-electron chi connectivity index (χ0n) is 11.2. The van der Waals surface area contributed by atoms with Crippen molar-refractivity contribution >= 4 is 23.0 Å². The summed E-state index contributed by atoms with van der Waals surface area (Å²) in [6.45, 7) is 2.03. The highest BCUT2D eigenvalue weighted by atomic mass is 32.1. The molecule has 3 nitrogen and oxygen atoms in total. The van der Waals surface area contributed by atoms with Crippen molar-refractivity contribution in [2.24, 2.45) is 0 Å². The summed E-state index contributed by atoms with van der Waals surface area (Å²) in [5.74, 6) is 0.631. The third kappa shape index (κ3) is 4.35. The first-order chi connectivity index (χ1) is 9.65. The van der Waals surface area contributed by atoms with Crippen molar-refractivity contribution < 1.29 is 8.81 Å². The number of furan rings is 1. The van der Waals surface area contributed by atoms with Crippen LogP contribution in [0.4, 0.5) is 10.1 Å². The molecule has 2 rings (SSSR count). The van der Waals surface area contributed by atoms with Crippen LogP contribution in [-0.2, 0) is 6.42 Å². The second-order valence-electron chi connectivity index (χ2n) is 4.60. The topological polar surface area (TPSA) is 37.2 Å². The van der Waals surface area contributed by atoms with E-state index in [0.717, 1.165) is 18.6 Å². The van der Waals surface area contributed by atoms with E-state index in [1.165, 1.54) is 6.07 Å². The second-order valence-corrected chi connectivity index (χ2v) is 5.01. The number of halogens is 1. The summed E-state index contributed by atoms with van der Waals surface area (Å²) in [5, 5.41) is 6.40. The van der Waals surface area contributed by atoms with Crippen LogP contribution in [0.25, 0.3) is 0 Å². The Morgan fingerprint density at radius 1 is 1.30 bits per heavy atom. The molecule has 0 bridgehead atoms. The number of rotatable bonds is 5. The van der Waals surface area contributed by atoms with E-state index in [1.807, 2.05) is 19.1 Å². The maximum absolute atomic E-state index is 13.5. The molecule has 0 saturated heterocycles. The molecule has 0 saturated carbocycles. The van der Waals surface area contributed by atoms with E-state index in [0.29, 0.717) is 10.8 Å². The summed E-state index contributed by atoms with van der Waals surface area (Å²) >= 11 is 5.17. The minimum atomic E-state index is -0.320. The fraction of sp³-hybridized carbons (Fsp3) is 0.267. The Hall–Kier alpha value is -1.88. The Labute approximate surface area is 123 Å². The molecule has 0 spiro atoms. The molecule has 0 aliphatic rings. The fourth-order valence-corrected chi connectivity index (χ4v) is 2.14. The highest BCUT2D eigenvalue weighted by Gasteiger charge is 2.07. The van der Waals surface area contributed by atoms with Gasteiger partial charge in [0.15, 0.2) is 5.11 Å². The first kappa shape index (κ1) is 14.5. The Bertz CT molecular complexity index is 557. The van der Waals surface area contributed by atoms with E-state index in [2.05, 4.69) is 10.6 Å². The van der Waals surface area contributed by atoms with Crippen molar-refractivity contribution in [2.45, 2.75) is 25.8 Å². The molecule has 2 aromatic rings. The lowest BCUT2D eigenvalue weighted by molar-refractivity contribution is 0.483. The van der Waals surface area contributed by atoms with Gasteiger partial charge in [-0.05, 0) is 49.8 Å². The fourth-order valence-electron chi connectivity index (χ4n) is 1.83. The largest absolute Gasteiger partial charge is 0.469 e. The maximum atomic E-state index is 13.5. The molecule has 106 valence electrons. The van der Waals surface area contributed by atoms with E-state index in [9.17, 15) is 4.39 Å². The molecular weight excluding hydrogens is 275 g/mol. The minimum absolute atomic E-state index is 0.173. The third-order valence-electron chi connectivity index (χ3n) is 2.90. The molecule has 20 heavy (non-hydrogen) atoms. The number of aryl methyl sites for hydroxylation is 1. The van der Waals surface area contributed by atoms with Gasteiger partial charge in [-0.3, -0.25) is 0 Å². The van der Waals surface area contributed by atoms with Crippen LogP contribution in [0.15, 0.2) is 47.1 Å². The van der Waals surface area contributed by atoms with Crippen molar-refractivity contribution in [2.75, 3.05) is 5.32 Å². The molecular formula is C15H17FN2OS. The summed E-state index contributed by atoms with van der Waals surface area (Å²) in [6.07, 6.45) is 3.38. The van der Waals surface area contributed by atoms with E-state index >= 15 is 0 Å². The smallest absolute Gasteiger partial charge is 0.171 e. The van der Waals surface area contributed by atoms with Gasteiger partial charge >= 0.3 is 0 Å². The molecule has 0 amide bonds. The van der Waals surface area contributed by atoms with E-state index in [-0.39, 0.29) is 11.9 Å². The van der Waals surface area contributed by atoms with Crippen LogP contribution in [0, 0.1) is 5.82 Å². The van der Waals surface area contributed by atoms with Gasteiger partial charge in [0.25, 0.3) is 0 Å². The molecule has 0 fully saturated rings. The van der Waals surface area contributed by atoms with Gasteiger partial charge in [0, 0.05) is 12.5 Å². The van der Waals surface area contributed by atoms with E-state index < -0.39 is 0 Å². The summed E-state index contributed by atoms with van der Waals surface area (Å²) in [7, 11) is 0. The van der Waals surface area contributed by atoms with Crippen molar-refractivity contribution in [1.82, 2.24) is 5.32 Å². The standard InChI is InChI=1S/C15H17FN2OS/c1-11(8-9-12-5-4-10-19-12)17-15(20)18-14-7-3-2-6-13(14)16/h2-7,10-11H,8-9H2,1H3,(H2,17,18,20)/t11-/m0/s1. The maximum Gasteiger partial charge on any atom is 0.171 e. The van der Waals surface area contributed by atoms with Crippen LogP contribution in [0.1, 0.15) is 19.1 Å². The Morgan fingerprint density at radius 3 is 2.80 bits per heavy atom. The molecule has 1 atom stereocenters. The SMILES string of the molecule is C[C@@H](CCc1ccco1)NC(=S)Nc1ccccc1F. The number of para-hydroxylation sites is 1. The predicted molar refractivity (Wildman–Crippen MR) is 82.2 cm³/mol. The molecule has 1 aromatic carbocycles. The van der Waals surface area contributed by atoms with Gasteiger partial charge in [0.1, 0.15) is 11.6 Å². The molecule has 5 heteroatoms. The number of nitrogens with one attached hydrogen (secondary N) is 2. The summed E-state index contributed by atoms with van der Waals surface area (Å²) in [5.41, 5.74) is 0.378. The van der Waals surface area contributed by atoms with Crippen LogP contribution in [0.5, 0.6) is 0 Å². The second kappa shape index (κ2) is 7.05. The highest BCUT2D eigenvalue weighted by Crippen LogP contribution is 2.12. The monoisotopic (exact) mass is 292 g/mol. The van der Waals surface area contributed by atoms with Crippen molar-refractivity contribution in [1.29, 1.82) is 0 Å². The van der Waals surface area contributed by atoms with Gasteiger partial charge in [-0.1, -0.05) is 12.1 Å². The number of thiocarbonyl (C=S) groups is 1. The predicted octanol–water partition coefficient (Wildman–Crippen LogP) is 3.73. The Kier molecular flexibility index (Phi) is 5.12. The zero-order chi connectivity index (χ0) is 14.4. The number of hydrogen-bond acceptors (Lipinski definition) is 2. The van der Waals surface area contributed by atoms with Gasteiger partial charge in [0.2, 0.25) is 0 Å². The van der Waals surface area contributed by atoms with Gasteiger partial charge in [-0.25, -0.2) is 4.39 Å². The molecule has 0 unspecified atom stereocenters. The average Bonchev–Trinajstić information content (AvgIpc) is 2.92. The van der Waals surface area contributed by atoms with Crippen molar-refractivity contribution in [3.8, 4) is 0 Å². The zero-order valence-corrected chi connectivity index (χ0v) is 12.0. The third-order valence-corrected chi connectivity index (χ3v) is 3.12. The molecule has 0 radical (unpaired) electrons. The summed E-state index contributed by atoms with van der Waals surface area (Å²) < 4.78 is 18.7. The van der Waals surface area contributed by atoms with Gasteiger partial charge in [-0.15, -0.1) is 0 Å².